The van der Waals surface area contributed by atoms with Crippen molar-refractivity contribution in [2.45, 2.75) is 32.0 Å². The van der Waals surface area contributed by atoms with Crippen molar-refractivity contribution >= 4 is 29.1 Å². The predicted molar refractivity (Wildman–Crippen MR) is 142 cm³/mol. The highest BCUT2D eigenvalue weighted by Gasteiger charge is 2.28. The number of H-pyrrole nitrogens is 1. The van der Waals surface area contributed by atoms with E-state index in [1.165, 1.54) is 18.0 Å². The Kier molecular flexibility index (Phi) is 7.99. The van der Waals surface area contributed by atoms with E-state index in [1.807, 2.05) is 36.7 Å². The van der Waals surface area contributed by atoms with E-state index >= 15 is 0 Å². The van der Waals surface area contributed by atoms with Crippen molar-refractivity contribution in [3.63, 3.8) is 0 Å². The van der Waals surface area contributed by atoms with E-state index in [0.717, 1.165) is 48.6 Å². The van der Waals surface area contributed by atoms with Gasteiger partial charge in [0.15, 0.2) is 0 Å². The van der Waals surface area contributed by atoms with Crippen molar-refractivity contribution in [2.24, 2.45) is 0 Å². The summed E-state index contributed by atoms with van der Waals surface area (Å²) in [4.78, 5) is 30.9. The molecule has 37 heavy (non-hydrogen) atoms. The first kappa shape index (κ1) is 25.2. The van der Waals surface area contributed by atoms with E-state index in [1.54, 1.807) is 6.33 Å². The van der Waals surface area contributed by atoms with Gasteiger partial charge in [0.05, 0.1) is 40.3 Å². The lowest BCUT2D eigenvalue weighted by Gasteiger charge is -2.34. The van der Waals surface area contributed by atoms with E-state index < -0.39 is 0 Å². The summed E-state index contributed by atoms with van der Waals surface area (Å²) in [6.45, 7) is 2.61. The maximum absolute atomic E-state index is 12.5. The summed E-state index contributed by atoms with van der Waals surface area (Å²) in [5.41, 5.74) is 4.46. The molecule has 4 aromatic rings. The van der Waals surface area contributed by atoms with E-state index in [4.69, 9.17) is 27.9 Å². The van der Waals surface area contributed by atoms with Crippen LogP contribution in [0.5, 0.6) is 5.75 Å². The van der Waals surface area contributed by atoms with Gasteiger partial charge in [0.1, 0.15) is 5.75 Å². The molecule has 190 valence electrons. The first-order valence-electron chi connectivity index (χ1n) is 12.0. The number of amides is 1. The summed E-state index contributed by atoms with van der Waals surface area (Å²) in [6.07, 6.45) is 9.94. The molecular formula is C27H26Cl2N6O2. The fourth-order valence-electron chi connectivity index (χ4n) is 4.48. The minimum atomic E-state index is -0.332. The number of rotatable bonds is 9. The number of benzene rings is 1. The number of carbonyl (C=O) groups is 1. The fourth-order valence-corrected chi connectivity index (χ4v) is 5.01. The highest BCUT2D eigenvalue weighted by molar-refractivity contribution is 6.39. The van der Waals surface area contributed by atoms with Crippen molar-refractivity contribution in [1.29, 1.82) is 0 Å². The third-order valence-electron chi connectivity index (χ3n) is 6.38. The van der Waals surface area contributed by atoms with Gasteiger partial charge in [-0.3, -0.25) is 19.7 Å². The normalized spacial score (nSPS) is 14.7. The molecule has 2 N–H and O–H groups in total. The molecule has 0 spiro atoms. The molecule has 1 aliphatic rings. The summed E-state index contributed by atoms with van der Waals surface area (Å²) in [5.74, 6) is 0.523. The lowest BCUT2D eigenvalue weighted by atomic mass is 10.0. The number of nitrogens with zero attached hydrogens (tertiary/aromatic N) is 4. The van der Waals surface area contributed by atoms with Crippen LogP contribution >= 0.6 is 23.2 Å². The summed E-state index contributed by atoms with van der Waals surface area (Å²) in [6, 6.07) is 12.3. The number of hydrogen-bond donors (Lipinski definition) is 2. The van der Waals surface area contributed by atoms with Crippen LogP contribution in [0, 0.1) is 0 Å². The van der Waals surface area contributed by atoms with Gasteiger partial charge < -0.3 is 15.0 Å². The molecule has 0 saturated heterocycles. The first-order valence-corrected chi connectivity index (χ1v) is 12.8. The number of ether oxygens (including phenoxy) is 1. The summed E-state index contributed by atoms with van der Waals surface area (Å²) < 4.78 is 5.84. The number of halogens is 2. The SMILES string of the molecule is O=C(NCc1ccc(CCN(Cc2cnc[nH]2)C2CCOc3cccnc32)cc1)c1c(Cl)cncc1Cl. The van der Waals surface area contributed by atoms with Crippen LogP contribution in [0.15, 0.2) is 67.5 Å². The highest BCUT2D eigenvalue weighted by atomic mass is 35.5. The van der Waals surface area contributed by atoms with Crippen LogP contribution in [-0.2, 0) is 19.5 Å². The molecule has 1 unspecified atom stereocenters. The van der Waals surface area contributed by atoms with E-state index in [-0.39, 0.29) is 27.6 Å². The van der Waals surface area contributed by atoms with Gasteiger partial charge in [-0.2, -0.15) is 0 Å². The maximum Gasteiger partial charge on any atom is 0.254 e. The Morgan fingerprint density at radius 3 is 2.62 bits per heavy atom. The molecule has 0 bridgehead atoms. The Morgan fingerprint density at radius 2 is 1.86 bits per heavy atom. The quantitative estimate of drug-likeness (QED) is 0.312. The zero-order valence-electron chi connectivity index (χ0n) is 20.0. The molecule has 3 aromatic heterocycles. The lowest BCUT2D eigenvalue weighted by molar-refractivity contribution is 0.0951. The molecule has 0 fully saturated rings. The molecule has 1 atom stereocenters. The Labute approximate surface area is 225 Å². The third kappa shape index (κ3) is 6.10. The van der Waals surface area contributed by atoms with Gasteiger partial charge in [-0.05, 0) is 29.7 Å². The van der Waals surface area contributed by atoms with Crippen molar-refractivity contribution < 1.29 is 9.53 Å². The highest BCUT2D eigenvalue weighted by Crippen LogP contribution is 2.35. The molecule has 0 aliphatic carbocycles. The minimum Gasteiger partial charge on any atom is -0.492 e. The van der Waals surface area contributed by atoms with Gasteiger partial charge in [-0.1, -0.05) is 47.5 Å². The van der Waals surface area contributed by atoms with Gasteiger partial charge in [0, 0.05) is 56.5 Å². The topological polar surface area (TPSA) is 96.0 Å². The van der Waals surface area contributed by atoms with Crippen molar-refractivity contribution in [1.82, 2.24) is 30.2 Å². The summed E-state index contributed by atoms with van der Waals surface area (Å²) in [7, 11) is 0. The third-order valence-corrected chi connectivity index (χ3v) is 6.95. The van der Waals surface area contributed by atoms with Crippen molar-refractivity contribution in [3.8, 4) is 5.75 Å². The Balaban J connectivity index is 1.23. The number of nitrogens with one attached hydrogen (secondary N) is 2. The van der Waals surface area contributed by atoms with E-state index in [9.17, 15) is 4.79 Å². The predicted octanol–water partition coefficient (Wildman–Crippen LogP) is 5.01. The molecule has 1 amide bonds. The standard InChI is InChI=1S/C27H26Cl2N6O2/c28-21-14-30-15-22(29)25(21)27(36)33-12-19-5-3-18(4-6-19)7-10-35(16-20-13-31-17-34-20)23-8-11-37-24-2-1-9-32-26(23)24/h1-6,9,13-15,17,23H,7-8,10-12,16H2,(H,31,34)(H,33,36). The number of aromatic amines is 1. The monoisotopic (exact) mass is 536 g/mol. The summed E-state index contributed by atoms with van der Waals surface area (Å²) in [5, 5.41) is 3.32. The minimum absolute atomic E-state index is 0.162. The van der Waals surface area contributed by atoms with Gasteiger partial charge in [-0.15, -0.1) is 0 Å². The second kappa shape index (κ2) is 11.7. The number of fused-ring (bicyclic) bond motifs is 1. The maximum atomic E-state index is 12.5. The van der Waals surface area contributed by atoms with Crippen LogP contribution in [0.25, 0.3) is 0 Å². The van der Waals surface area contributed by atoms with Crippen molar-refractivity contribution in [2.75, 3.05) is 13.2 Å². The number of aromatic nitrogens is 4. The van der Waals surface area contributed by atoms with Crippen LogP contribution in [0.2, 0.25) is 10.0 Å². The van der Waals surface area contributed by atoms with Crippen LogP contribution < -0.4 is 10.1 Å². The Bertz CT molecular complexity index is 1330. The van der Waals surface area contributed by atoms with Gasteiger partial charge in [0.25, 0.3) is 5.91 Å². The van der Waals surface area contributed by atoms with Gasteiger partial charge >= 0.3 is 0 Å². The molecule has 10 heteroatoms. The Morgan fingerprint density at radius 1 is 1.08 bits per heavy atom. The fraction of sp³-hybridized carbons (Fsp3) is 0.259. The zero-order valence-corrected chi connectivity index (χ0v) is 21.5. The second-order valence-electron chi connectivity index (χ2n) is 8.81. The van der Waals surface area contributed by atoms with Crippen molar-refractivity contribution in [3.05, 3.63) is 106 Å². The molecule has 1 aliphatic heterocycles. The Hall–Kier alpha value is -3.46. The van der Waals surface area contributed by atoms with Crippen LogP contribution in [0.3, 0.4) is 0 Å². The van der Waals surface area contributed by atoms with Crippen LogP contribution in [0.4, 0.5) is 0 Å². The average molecular weight is 537 g/mol. The molecule has 4 heterocycles. The van der Waals surface area contributed by atoms with Gasteiger partial charge in [-0.25, -0.2) is 4.98 Å². The molecule has 1 aromatic carbocycles. The van der Waals surface area contributed by atoms with Crippen LogP contribution in [-0.4, -0.2) is 43.9 Å². The van der Waals surface area contributed by atoms with Gasteiger partial charge in [0.2, 0.25) is 0 Å². The van der Waals surface area contributed by atoms with E-state index in [0.29, 0.717) is 13.2 Å². The molecule has 8 nitrogen and oxygen atoms in total. The summed E-state index contributed by atoms with van der Waals surface area (Å²) >= 11 is 12.2. The van der Waals surface area contributed by atoms with E-state index in [2.05, 4.69) is 42.3 Å². The number of imidazole rings is 1. The smallest absolute Gasteiger partial charge is 0.254 e. The first-order chi connectivity index (χ1) is 18.1. The molecule has 0 radical (unpaired) electrons. The number of pyridine rings is 2. The average Bonchev–Trinajstić information content (AvgIpc) is 3.43. The lowest BCUT2D eigenvalue weighted by Crippen LogP contribution is -2.34. The largest absolute Gasteiger partial charge is 0.492 e. The molecule has 5 rings (SSSR count). The second-order valence-corrected chi connectivity index (χ2v) is 9.63. The number of carbonyl (C=O) groups excluding carboxylic acids is 1. The van der Waals surface area contributed by atoms with Crippen LogP contribution in [0.1, 0.15) is 45.3 Å². The molecule has 0 saturated carbocycles. The molecular weight excluding hydrogens is 511 g/mol. The zero-order chi connectivity index (χ0) is 25.6. The number of hydrogen-bond acceptors (Lipinski definition) is 6.